The molecule has 9 nitrogen and oxygen atoms in total. The first-order valence-corrected chi connectivity index (χ1v) is 10.7. The van der Waals surface area contributed by atoms with Crippen molar-refractivity contribution in [2.75, 3.05) is 16.3 Å². The zero-order valence-corrected chi connectivity index (χ0v) is 17.3. The third kappa shape index (κ3) is 2.88. The number of hydrogen-bond donors (Lipinski definition) is 1. The van der Waals surface area contributed by atoms with E-state index >= 15 is 0 Å². The van der Waals surface area contributed by atoms with Crippen molar-refractivity contribution in [1.29, 1.82) is 0 Å². The molecule has 0 unspecified atom stereocenters. The number of nitrogens with one attached hydrogen (secondary N) is 1. The van der Waals surface area contributed by atoms with Gasteiger partial charge in [0.05, 0.1) is 16.7 Å². The van der Waals surface area contributed by atoms with Crippen LogP contribution >= 0.6 is 0 Å². The number of imide groups is 2. The van der Waals surface area contributed by atoms with Crippen molar-refractivity contribution >= 4 is 34.9 Å². The van der Waals surface area contributed by atoms with Gasteiger partial charge in [-0.05, 0) is 36.6 Å². The van der Waals surface area contributed by atoms with E-state index in [2.05, 4.69) is 5.32 Å². The fraction of sp³-hybridized carbons (Fsp3) is 0.348. The summed E-state index contributed by atoms with van der Waals surface area (Å²) < 4.78 is 0. The molecule has 2 aromatic carbocycles. The molecule has 2 saturated heterocycles. The number of urea groups is 1. The molecule has 2 atom stereocenters. The lowest BCUT2D eigenvalue weighted by atomic mass is 9.67. The second-order valence-electron chi connectivity index (χ2n) is 8.51. The molecular weight excluding hydrogens is 412 g/mol. The van der Waals surface area contributed by atoms with Crippen LogP contribution in [0.4, 0.5) is 21.9 Å². The van der Waals surface area contributed by atoms with E-state index < -0.39 is 34.2 Å². The Balaban J connectivity index is 1.69. The van der Waals surface area contributed by atoms with Crippen LogP contribution in [0.15, 0.2) is 48.5 Å². The van der Waals surface area contributed by atoms with E-state index in [-0.39, 0.29) is 12.1 Å². The highest BCUT2D eigenvalue weighted by Crippen LogP contribution is 2.48. The molecule has 164 valence electrons. The summed E-state index contributed by atoms with van der Waals surface area (Å²) in [5.41, 5.74) is 0.134. The maximum atomic E-state index is 14.0. The first-order chi connectivity index (χ1) is 15.4. The van der Waals surface area contributed by atoms with Gasteiger partial charge in [-0.15, -0.1) is 0 Å². The van der Waals surface area contributed by atoms with Crippen LogP contribution in [0, 0.1) is 15.5 Å². The van der Waals surface area contributed by atoms with Crippen molar-refractivity contribution in [3.63, 3.8) is 0 Å². The third-order valence-electron chi connectivity index (χ3n) is 6.80. The Labute approximate surface area is 184 Å². The summed E-state index contributed by atoms with van der Waals surface area (Å²) in [4.78, 5) is 54.2. The number of nitro benzene ring substituents is 1. The van der Waals surface area contributed by atoms with Gasteiger partial charge in [-0.2, -0.15) is 0 Å². The highest BCUT2D eigenvalue weighted by molar-refractivity contribution is 6.30. The van der Waals surface area contributed by atoms with Crippen molar-refractivity contribution in [3.8, 4) is 0 Å². The van der Waals surface area contributed by atoms with Crippen molar-refractivity contribution in [2.45, 2.75) is 38.1 Å². The Morgan fingerprint density at radius 1 is 1.03 bits per heavy atom. The molecule has 0 saturated carbocycles. The van der Waals surface area contributed by atoms with Crippen LogP contribution < -0.4 is 15.1 Å². The van der Waals surface area contributed by atoms with Crippen molar-refractivity contribution in [2.24, 2.45) is 5.41 Å². The SMILES string of the molecule is O=C1NC(=O)[C@@]2(Cc3cc([N+](=O)[O-])ccc3N3CCCCC[C@@H]32)C(=O)N1c1ccccc1. The van der Waals surface area contributed by atoms with Crippen molar-refractivity contribution in [3.05, 3.63) is 64.2 Å². The first-order valence-electron chi connectivity index (χ1n) is 10.7. The topological polar surface area (TPSA) is 113 Å². The van der Waals surface area contributed by atoms with Crippen LogP contribution in [-0.2, 0) is 16.0 Å². The maximum Gasteiger partial charge on any atom is 0.335 e. The fourth-order valence-electron chi connectivity index (χ4n) is 5.35. The lowest BCUT2D eigenvalue weighted by molar-refractivity contribution is -0.384. The zero-order chi connectivity index (χ0) is 22.5. The quantitative estimate of drug-likeness (QED) is 0.441. The van der Waals surface area contributed by atoms with Crippen LogP contribution in [0.1, 0.15) is 31.2 Å². The second-order valence-corrected chi connectivity index (χ2v) is 8.51. The molecule has 3 aliphatic rings. The van der Waals surface area contributed by atoms with Gasteiger partial charge in [-0.1, -0.05) is 31.0 Å². The number of nitro groups is 1. The summed E-state index contributed by atoms with van der Waals surface area (Å²) in [6.07, 6.45) is 3.33. The Bertz CT molecular complexity index is 1130. The van der Waals surface area contributed by atoms with E-state index in [1.54, 1.807) is 36.4 Å². The van der Waals surface area contributed by atoms with Crippen molar-refractivity contribution in [1.82, 2.24) is 5.32 Å². The standard InChI is InChI=1S/C23H22N4O5/c28-20-23(21(29)26(22(30)24-20)16-7-3-1-4-8-16)14-15-13-17(27(31)32)10-11-18(15)25-12-6-2-5-9-19(23)25/h1,3-4,7-8,10-11,13,19H,2,5-6,9,12,14H2,(H,24,28,30)/t19-,23+/m1/s1. The molecule has 9 heteroatoms. The van der Waals surface area contributed by atoms with Gasteiger partial charge in [-0.25, -0.2) is 9.69 Å². The van der Waals surface area contributed by atoms with Gasteiger partial charge < -0.3 is 4.90 Å². The van der Waals surface area contributed by atoms with Gasteiger partial charge in [0, 0.05) is 30.8 Å². The molecule has 5 rings (SSSR count). The van der Waals surface area contributed by atoms with E-state index in [0.29, 0.717) is 24.2 Å². The highest BCUT2D eigenvalue weighted by atomic mass is 16.6. The van der Waals surface area contributed by atoms with E-state index in [9.17, 15) is 24.5 Å². The van der Waals surface area contributed by atoms with Gasteiger partial charge in [-0.3, -0.25) is 25.0 Å². The van der Waals surface area contributed by atoms with Crippen LogP contribution in [0.5, 0.6) is 0 Å². The lowest BCUT2D eigenvalue weighted by Gasteiger charge is -2.51. The molecule has 0 aromatic heterocycles. The third-order valence-corrected chi connectivity index (χ3v) is 6.80. The van der Waals surface area contributed by atoms with Crippen LogP contribution in [-0.4, -0.2) is 35.4 Å². The van der Waals surface area contributed by atoms with Crippen LogP contribution in [0.3, 0.4) is 0 Å². The minimum absolute atomic E-state index is 0.00641. The summed E-state index contributed by atoms with van der Waals surface area (Å²) in [6, 6.07) is 11.9. The maximum absolute atomic E-state index is 14.0. The number of nitrogens with zero attached hydrogens (tertiary/aromatic N) is 3. The van der Waals surface area contributed by atoms with Crippen molar-refractivity contribution < 1.29 is 19.3 Å². The first kappa shape index (κ1) is 20.2. The number of fused-ring (bicyclic) bond motifs is 4. The molecular formula is C23H22N4O5. The monoisotopic (exact) mass is 434 g/mol. The molecule has 1 N–H and O–H groups in total. The average Bonchev–Trinajstić information content (AvgIpc) is 3.04. The van der Waals surface area contributed by atoms with Crippen LogP contribution in [0.2, 0.25) is 0 Å². The second kappa shape index (κ2) is 7.44. The molecule has 1 spiro atoms. The molecule has 0 aliphatic carbocycles. The van der Waals surface area contributed by atoms with Crippen LogP contribution in [0.25, 0.3) is 0 Å². The van der Waals surface area contributed by atoms with Gasteiger partial charge in [0.2, 0.25) is 5.91 Å². The molecule has 32 heavy (non-hydrogen) atoms. The summed E-state index contributed by atoms with van der Waals surface area (Å²) in [6.45, 7) is 0.636. The lowest BCUT2D eigenvalue weighted by Crippen LogP contribution is -2.72. The number of benzene rings is 2. The molecule has 0 radical (unpaired) electrons. The largest absolute Gasteiger partial charge is 0.367 e. The molecule has 3 heterocycles. The molecule has 2 aromatic rings. The van der Waals surface area contributed by atoms with Gasteiger partial charge in [0.15, 0.2) is 5.41 Å². The smallest absolute Gasteiger partial charge is 0.335 e. The van der Waals surface area contributed by atoms with E-state index in [1.807, 2.05) is 4.90 Å². The molecule has 0 bridgehead atoms. The Morgan fingerprint density at radius 3 is 2.56 bits per heavy atom. The molecule has 2 fully saturated rings. The Kier molecular flexibility index (Phi) is 4.69. The number of barbiturate groups is 1. The number of carbonyl (C=O) groups excluding carboxylic acids is 3. The minimum Gasteiger partial charge on any atom is -0.367 e. The fourth-order valence-corrected chi connectivity index (χ4v) is 5.35. The molecule has 3 aliphatic heterocycles. The number of anilines is 2. The predicted molar refractivity (Wildman–Crippen MR) is 116 cm³/mol. The van der Waals surface area contributed by atoms with Gasteiger partial charge in [0.25, 0.3) is 11.6 Å². The summed E-state index contributed by atoms with van der Waals surface area (Å²) in [5, 5.41) is 13.8. The average molecular weight is 434 g/mol. The summed E-state index contributed by atoms with van der Waals surface area (Å²) in [5.74, 6) is -1.21. The van der Waals surface area contributed by atoms with E-state index in [4.69, 9.17) is 0 Å². The van der Waals surface area contributed by atoms with E-state index in [0.717, 1.165) is 29.8 Å². The number of para-hydroxylation sites is 1. The number of hydrogen-bond acceptors (Lipinski definition) is 6. The molecule has 4 amide bonds. The Hall–Kier alpha value is -3.75. The number of non-ortho nitro benzene ring substituents is 1. The predicted octanol–water partition coefficient (Wildman–Crippen LogP) is 3.17. The van der Waals surface area contributed by atoms with E-state index in [1.165, 1.54) is 12.1 Å². The minimum atomic E-state index is -1.55. The number of rotatable bonds is 2. The van der Waals surface area contributed by atoms with Gasteiger partial charge >= 0.3 is 6.03 Å². The Morgan fingerprint density at radius 2 is 1.81 bits per heavy atom. The summed E-state index contributed by atoms with van der Waals surface area (Å²) in [7, 11) is 0. The summed E-state index contributed by atoms with van der Waals surface area (Å²) >= 11 is 0. The normalized spacial score (nSPS) is 25.1. The van der Waals surface area contributed by atoms with Gasteiger partial charge in [0.1, 0.15) is 0 Å². The zero-order valence-electron chi connectivity index (χ0n) is 17.3. The highest BCUT2D eigenvalue weighted by Gasteiger charge is 2.62. The number of carbonyl (C=O) groups is 3. The number of amides is 4.